The van der Waals surface area contributed by atoms with Gasteiger partial charge in [-0.05, 0) is 123 Å². The molecule has 0 aliphatic heterocycles. The lowest BCUT2D eigenvalue weighted by molar-refractivity contribution is -0.138. The van der Waals surface area contributed by atoms with Gasteiger partial charge in [0.25, 0.3) is 0 Å². The minimum atomic E-state index is -0.416. The van der Waals surface area contributed by atoms with Crippen molar-refractivity contribution in [3.05, 3.63) is 122 Å². The number of unbranched alkanes of at least 4 members (excludes halogenated alkanes) is 2. The van der Waals surface area contributed by atoms with Crippen LogP contribution in [0.25, 0.3) is 0 Å². The molecule has 4 aromatic rings. The van der Waals surface area contributed by atoms with Crippen LogP contribution >= 0.6 is 0 Å². The Kier molecular flexibility index (Phi) is 15.2. The maximum absolute atomic E-state index is 11.0. The lowest BCUT2D eigenvalue weighted by atomic mass is 10.3. The molecule has 0 heterocycles. The van der Waals surface area contributed by atoms with Crippen LogP contribution in [0.2, 0.25) is 0 Å². The van der Waals surface area contributed by atoms with Crippen molar-refractivity contribution >= 4 is 46.1 Å². The summed E-state index contributed by atoms with van der Waals surface area (Å²) < 4.78 is 21.3. The second kappa shape index (κ2) is 20.8. The molecular formula is C38H38N6O6. The highest BCUT2D eigenvalue weighted by molar-refractivity contribution is 5.81. The molecule has 0 aliphatic rings. The van der Waals surface area contributed by atoms with Crippen molar-refractivity contribution < 1.29 is 28.5 Å². The van der Waals surface area contributed by atoms with Gasteiger partial charge in [0.05, 0.1) is 60.6 Å². The first-order valence-electron chi connectivity index (χ1n) is 16.0. The largest absolute Gasteiger partial charge is 0.494 e. The molecule has 0 radical (unpaired) electrons. The van der Waals surface area contributed by atoms with Gasteiger partial charge in [0.15, 0.2) is 0 Å². The average molecular weight is 675 g/mol. The van der Waals surface area contributed by atoms with Gasteiger partial charge in [0.2, 0.25) is 0 Å². The predicted molar refractivity (Wildman–Crippen MR) is 190 cm³/mol. The molecule has 0 bridgehead atoms. The number of hydrogen-bond acceptors (Lipinski definition) is 12. The number of ether oxygens (including phenoxy) is 4. The van der Waals surface area contributed by atoms with Gasteiger partial charge >= 0.3 is 11.9 Å². The molecule has 50 heavy (non-hydrogen) atoms. The van der Waals surface area contributed by atoms with Crippen molar-refractivity contribution in [3.8, 4) is 11.5 Å². The maximum Gasteiger partial charge on any atom is 0.330 e. The zero-order valence-corrected chi connectivity index (χ0v) is 27.6. The number of carbonyl (C=O) groups excluding carboxylic acids is 2. The topological polar surface area (TPSA) is 145 Å². The lowest BCUT2D eigenvalue weighted by Gasteiger charge is -2.06. The Labute approximate surface area is 290 Å². The third kappa shape index (κ3) is 13.8. The van der Waals surface area contributed by atoms with E-state index in [9.17, 15) is 9.59 Å². The first kappa shape index (κ1) is 36.5. The number of rotatable bonds is 20. The van der Waals surface area contributed by atoms with Crippen molar-refractivity contribution in [2.24, 2.45) is 30.7 Å². The molecule has 0 atom stereocenters. The van der Waals surface area contributed by atoms with E-state index in [1.807, 2.05) is 97.1 Å². The lowest BCUT2D eigenvalue weighted by Crippen LogP contribution is -2.04. The molecular weight excluding hydrogens is 636 g/mol. The summed E-state index contributed by atoms with van der Waals surface area (Å²) in [6.45, 7) is 8.45. The van der Waals surface area contributed by atoms with Gasteiger partial charge in [0.1, 0.15) is 11.5 Å². The molecule has 12 nitrogen and oxygen atoms in total. The highest BCUT2D eigenvalue weighted by atomic mass is 16.5. The molecule has 0 unspecified atom stereocenters. The van der Waals surface area contributed by atoms with Gasteiger partial charge < -0.3 is 18.9 Å². The summed E-state index contributed by atoms with van der Waals surface area (Å²) in [6.07, 6.45) is 5.25. The maximum atomic E-state index is 11.0. The highest BCUT2D eigenvalue weighted by Crippen LogP contribution is 2.26. The number of benzene rings is 4. The molecule has 4 rings (SSSR count). The summed E-state index contributed by atoms with van der Waals surface area (Å²) in [5.74, 6) is 0.622. The molecule has 256 valence electrons. The molecule has 12 heteroatoms. The summed E-state index contributed by atoms with van der Waals surface area (Å²) in [4.78, 5) is 22.0. The quantitative estimate of drug-likeness (QED) is 0.0394. The summed E-state index contributed by atoms with van der Waals surface area (Å²) in [7, 11) is 0. The van der Waals surface area contributed by atoms with E-state index >= 15 is 0 Å². The highest BCUT2D eigenvalue weighted by Gasteiger charge is 2.01. The van der Waals surface area contributed by atoms with Gasteiger partial charge in [-0.3, -0.25) is 0 Å². The third-order valence-corrected chi connectivity index (χ3v) is 6.65. The van der Waals surface area contributed by atoms with E-state index in [0.29, 0.717) is 73.4 Å². The second-order valence-electron chi connectivity index (χ2n) is 10.5. The fourth-order valence-corrected chi connectivity index (χ4v) is 3.99. The zero-order valence-electron chi connectivity index (χ0n) is 27.6. The van der Waals surface area contributed by atoms with E-state index in [2.05, 4.69) is 43.8 Å². The van der Waals surface area contributed by atoms with Crippen LogP contribution in [0, 0.1) is 0 Å². The van der Waals surface area contributed by atoms with Gasteiger partial charge in [0, 0.05) is 12.2 Å². The molecule has 0 saturated carbocycles. The van der Waals surface area contributed by atoms with Crippen LogP contribution in [0.1, 0.15) is 25.7 Å². The Bertz CT molecular complexity index is 1620. The minimum Gasteiger partial charge on any atom is -0.494 e. The number of hydrogen-bond donors (Lipinski definition) is 0. The Hall–Kier alpha value is -6.30. The Balaban J connectivity index is 1.16. The van der Waals surface area contributed by atoms with E-state index in [1.165, 1.54) is 0 Å². The normalized spacial score (nSPS) is 11.1. The van der Waals surface area contributed by atoms with Crippen molar-refractivity contribution in [2.75, 3.05) is 26.4 Å². The first-order valence-corrected chi connectivity index (χ1v) is 16.0. The van der Waals surface area contributed by atoms with Gasteiger partial charge in [-0.25, -0.2) is 9.59 Å². The van der Waals surface area contributed by atoms with E-state index in [1.54, 1.807) is 0 Å². The molecule has 0 aromatic heterocycles. The number of esters is 2. The van der Waals surface area contributed by atoms with Crippen LogP contribution in [0.3, 0.4) is 0 Å². The Morgan fingerprint density at radius 2 is 0.660 bits per heavy atom. The summed E-state index contributed by atoms with van der Waals surface area (Å²) in [5.41, 5.74) is 4.10. The van der Waals surface area contributed by atoms with Crippen LogP contribution in [0.15, 0.2) is 153 Å². The van der Waals surface area contributed by atoms with Crippen LogP contribution in [0.4, 0.5) is 34.1 Å². The monoisotopic (exact) mass is 674 g/mol. The molecule has 0 N–H and O–H groups in total. The van der Waals surface area contributed by atoms with Crippen LogP contribution in [0.5, 0.6) is 11.5 Å². The van der Waals surface area contributed by atoms with Gasteiger partial charge in [-0.2, -0.15) is 30.7 Å². The fourth-order valence-electron chi connectivity index (χ4n) is 3.99. The van der Waals surface area contributed by atoms with Crippen molar-refractivity contribution in [1.29, 1.82) is 0 Å². The number of carbonyl (C=O) groups is 2. The Morgan fingerprint density at radius 3 is 0.920 bits per heavy atom. The summed E-state index contributed by atoms with van der Waals surface area (Å²) >= 11 is 0. The molecule has 0 saturated heterocycles. The van der Waals surface area contributed by atoms with Gasteiger partial charge in [-0.15, -0.1) is 0 Å². The van der Waals surface area contributed by atoms with E-state index in [4.69, 9.17) is 18.9 Å². The van der Waals surface area contributed by atoms with Crippen molar-refractivity contribution in [2.45, 2.75) is 25.7 Å². The number of azo groups is 3. The van der Waals surface area contributed by atoms with E-state index in [-0.39, 0.29) is 0 Å². The fraction of sp³-hybridized carbons (Fsp3) is 0.211. The van der Waals surface area contributed by atoms with Gasteiger partial charge in [-0.1, -0.05) is 13.2 Å². The Morgan fingerprint density at radius 1 is 0.420 bits per heavy atom. The molecule has 0 amide bonds. The average Bonchev–Trinajstić information content (AvgIpc) is 3.16. The standard InChI is InChI=1S/C38H38N6O6/c1-3-37(45)49-27-7-5-25-47-35-21-17-33(18-22-35)43-41-31-13-9-29(10-14-31)39-40-30-11-15-32(16-12-30)42-44-34-19-23-36(24-20-34)48-26-6-8-28-50-38(46)4-2/h3-4,9-24H,1-2,5-8,25-28H2/b40-39+,43-41+,44-42+. The molecule has 4 aromatic carbocycles. The zero-order chi connectivity index (χ0) is 35.2. The first-order chi connectivity index (χ1) is 24.5. The van der Waals surface area contributed by atoms with E-state index < -0.39 is 11.9 Å². The number of nitrogens with zero attached hydrogens (tertiary/aromatic N) is 6. The minimum absolute atomic E-state index is 0.346. The second-order valence-corrected chi connectivity index (χ2v) is 10.5. The smallest absolute Gasteiger partial charge is 0.330 e. The summed E-state index contributed by atoms with van der Waals surface area (Å²) in [5, 5.41) is 25.7. The molecule has 0 fully saturated rings. The molecule has 0 aliphatic carbocycles. The molecule has 0 spiro atoms. The van der Waals surface area contributed by atoms with E-state index in [0.717, 1.165) is 36.5 Å². The predicted octanol–water partition coefficient (Wildman–Crippen LogP) is 10.7. The van der Waals surface area contributed by atoms with Crippen molar-refractivity contribution in [1.82, 2.24) is 0 Å². The van der Waals surface area contributed by atoms with Crippen LogP contribution < -0.4 is 9.47 Å². The van der Waals surface area contributed by atoms with Crippen LogP contribution in [-0.2, 0) is 19.1 Å². The SMILES string of the molecule is C=CC(=O)OCCCCOc1ccc(/N=N/c2ccc(/N=N/c3ccc(/N=N/c4ccc(OCCCCOC(=O)C=C)cc4)cc3)cc2)cc1. The van der Waals surface area contributed by atoms with Crippen molar-refractivity contribution in [3.63, 3.8) is 0 Å². The van der Waals surface area contributed by atoms with Crippen LogP contribution in [-0.4, -0.2) is 38.4 Å². The summed E-state index contributed by atoms with van der Waals surface area (Å²) in [6, 6.07) is 29.2. The third-order valence-electron chi connectivity index (χ3n) is 6.65.